The first-order valence-corrected chi connectivity index (χ1v) is 3.20. The maximum Gasteiger partial charge on any atom is 0.377 e. The van der Waals surface area contributed by atoms with Gasteiger partial charge >= 0.3 is 5.97 Å². The summed E-state index contributed by atoms with van der Waals surface area (Å²) in [6, 6.07) is 0. The number of ether oxygens (including phenoxy) is 1. The number of carbonyl (C=O) groups is 1. The second-order valence-electron chi connectivity index (χ2n) is 2.31. The zero-order valence-electron chi connectivity index (χ0n) is 6.47. The van der Waals surface area contributed by atoms with Gasteiger partial charge in [0.25, 0.3) is 0 Å². The Hall–Kier alpha value is -0.387. The molecule has 4 N–H and O–H groups in total. The SMILES string of the molecule is O=C1O[C@H]([C@@H](O)CO)C(O)=C1O.[Zr]. The molecular weight excluding hydrogens is 259 g/mol. The Bertz CT molecular complexity index is 237. The van der Waals surface area contributed by atoms with Crippen molar-refractivity contribution in [3.8, 4) is 0 Å². The summed E-state index contributed by atoms with van der Waals surface area (Å²) >= 11 is 0. The molecule has 7 heteroatoms. The fraction of sp³-hybridized carbons (Fsp3) is 0.500. The Labute approximate surface area is 92.6 Å². The maximum absolute atomic E-state index is 10.5. The van der Waals surface area contributed by atoms with Gasteiger partial charge in [-0.1, -0.05) is 0 Å². The number of hydrogen-bond acceptors (Lipinski definition) is 6. The van der Waals surface area contributed by atoms with E-state index in [4.69, 9.17) is 20.4 Å². The average molecular weight is 267 g/mol. The molecule has 0 bridgehead atoms. The standard InChI is InChI=1S/C6H8O6.Zr/c7-1-2(8)5-3(9)4(10)6(11)12-5;/h2,5,7-10H,1H2;/t2-,5+;/m0./s1. The zero-order chi connectivity index (χ0) is 9.30. The van der Waals surface area contributed by atoms with Crippen LogP contribution in [-0.4, -0.2) is 45.2 Å². The number of hydrogen-bond donors (Lipinski definition) is 4. The van der Waals surface area contributed by atoms with Crippen LogP contribution >= 0.6 is 0 Å². The van der Waals surface area contributed by atoms with E-state index in [-0.39, 0.29) is 26.2 Å². The van der Waals surface area contributed by atoms with E-state index in [0.717, 1.165) is 0 Å². The third-order valence-electron chi connectivity index (χ3n) is 1.48. The third kappa shape index (κ3) is 2.30. The molecule has 1 heterocycles. The van der Waals surface area contributed by atoms with Gasteiger partial charge in [-0.25, -0.2) is 4.79 Å². The molecule has 1 aliphatic heterocycles. The number of cyclic esters (lactones) is 1. The van der Waals surface area contributed by atoms with Gasteiger partial charge in [0.2, 0.25) is 5.76 Å². The van der Waals surface area contributed by atoms with E-state index in [1.165, 1.54) is 0 Å². The fourth-order valence-corrected chi connectivity index (χ4v) is 0.823. The van der Waals surface area contributed by atoms with Crippen molar-refractivity contribution < 1.29 is 56.2 Å². The first-order valence-electron chi connectivity index (χ1n) is 3.20. The number of esters is 1. The van der Waals surface area contributed by atoms with Gasteiger partial charge in [0.15, 0.2) is 11.9 Å². The number of aliphatic hydroxyl groups is 4. The largest absolute Gasteiger partial charge is 0.505 e. The Morgan fingerprint density at radius 3 is 2.31 bits per heavy atom. The molecule has 0 radical (unpaired) electrons. The molecule has 13 heavy (non-hydrogen) atoms. The molecule has 0 aromatic carbocycles. The molecule has 0 saturated heterocycles. The zero-order valence-corrected chi connectivity index (χ0v) is 8.93. The van der Waals surface area contributed by atoms with Gasteiger partial charge in [-0.3, -0.25) is 0 Å². The quantitative estimate of drug-likeness (QED) is 0.458. The molecular formula is C6H8O6Zr. The summed E-state index contributed by atoms with van der Waals surface area (Å²) in [7, 11) is 0. The van der Waals surface area contributed by atoms with Crippen LogP contribution in [0, 0.1) is 0 Å². The van der Waals surface area contributed by atoms with Gasteiger partial charge in [-0.15, -0.1) is 0 Å². The summed E-state index contributed by atoms with van der Waals surface area (Å²) in [6.07, 6.45) is -2.78. The first-order chi connectivity index (χ1) is 5.57. The van der Waals surface area contributed by atoms with Crippen molar-refractivity contribution in [2.24, 2.45) is 0 Å². The summed E-state index contributed by atoms with van der Waals surface area (Å²) in [4.78, 5) is 10.5. The van der Waals surface area contributed by atoms with Crippen LogP contribution in [0.5, 0.6) is 0 Å². The van der Waals surface area contributed by atoms with Crippen molar-refractivity contribution in [3.63, 3.8) is 0 Å². The van der Waals surface area contributed by atoms with Gasteiger partial charge in [0.1, 0.15) is 6.10 Å². The van der Waals surface area contributed by atoms with E-state index in [2.05, 4.69) is 4.74 Å². The smallest absolute Gasteiger partial charge is 0.377 e. The molecule has 0 fully saturated rings. The number of carbonyl (C=O) groups excluding carboxylic acids is 1. The first kappa shape index (κ1) is 12.6. The van der Waals surface area contributed by atoms with Crippen LogP contribution < -0.4 is 0 Å². The molecule has 0 unspecified atom stereocenters. The van der Waals surface area contributed by atoms with Crippen LogP contribution in [-0.2, 0) is 35.7 Å². The summed E-state index contributed by atoms with van der Waals surface area (Å²) < 4.78 is 4.32. The van der Waals surface area contributed by atoms with Crippen LogP contribution in [0.25, 0.3) is 0 Å². The molecule has 0 saturated carbocycles. The number of aliphatic hydroxyl groups excluding tert-OH is 4. The third-order valence-corrected chi connectivity index (χ3v) is 1.48. The molecule has 0 aromatic heterocycles. The molecule has 72 valence electrons. The molecule has 1 aliphatic rings. The molecule has 1 rings (SSSR count). The Balaban J connectivity index is 0.00000144. The second-order valence-corrected chi connectivity index (χ2v) is 2.31. The van der Waals surface area contributed by atoms with E-state index in [0.29, 0.717) is 0 Å². The molecule has 0 spiro atoms. The van der Waals surface area contributed by atoms with E-state index >= 15 is 0 Å². The van der Waals surface area contributed by atoms with Crippen molar-refractivity contribution in [2.75, 3.05) is 6.61 Å². The van der Waals surface area contributed by atoms with E-state index < -0.39 is 36.3 Å². The summed E-state index contributed by atoms with van der Waals surface area (Å²) in [5.41, 5.74) is 0. The van der Waals surface area contributed by atoms with Crippen molar-refractivity contribution in [2.45, 2.75) is 12.2 Å². The minimum absolute atomic E-state index is 0. The van der Waals surface area contributed by atoms with Gasteiger partial charge in [0, 0.05) is 26.2 Å². The monoisotopic (exact) mass is 266 g/mol. The second kappa shape index (κ2) is 4.74. The van der Waals surface area contributed by atoms with E-state index in [9.17, 15) is 4.79 Å². The Kier molecular flexibility index (Phi) is 4.60. The maximum atomic E-state index is 10.5. The molecule has 0 aromatic rings. The molecule has 6 nitrogen and oxygen atoms in total. The average Bonchev–Trinajstić information content (AvgIpc) is 2.32. The summed E-state index contributed by atoms with van der Waals surface area (Å²) in [5.74, 6) is -2.78. The molecule has 2 atom stereocenters. The topological polar surface area (TPSA) is 107 Å². The van der Waals surface area contributed by atoms with Crippen molar-refractivity contribution in [1.29, 1.82) is 0 Å². The predicted molar refractivity (Wildman–Crippen MR) is 35.3 cm³/mol. The van der Waals surface area contributed by atoms with Crippen LogP contribution in [0.2, 0.25) is 0 Å². The van der Waals surface area contributed by atoms with Crippen LogP contribution in [0.15, 0.2) is 11.5 Å². The van der Waals surface area contributed by atoms with Gasteiger partial charge in [0.05, 0.1) is 6.61 Å². The predicted octanol–water partition coefficient (Wildman–Crippen LogP) is -1.41. The van der Waals surface area contributed by atoms with E-state index in [1.807, 2.05) is 0 Å². The summed E-state index contributed by atoms with van der Waals surface area (Å²) in [6.45, 7) is -0.671. The summed E-state index contributed by atoms with van der Waals surface area (Å²) in [5, 5.41) is 35.0. The van der Waals surface area contributed by atoms with Crippen LogP contribution in [0.1, 0.15) is 0 Å². The molecule has 0 amide bonds. The fourth-order valence-electron chi connectivity index (χ4n) is 0.823. The van der Waals surface area contributed by atoms with Crippen molar-refractivity contribution in [1.82, 2.24) is 0 Å². The minimum Gasteiger partial charge on any atom is -0.505 e. The number of rotatable bonds is 2. The normalized spacial score (nSPS) is 23.8. The Morgan fingerprint density at radius 1 is 1.46 bits per heavy atom. The van der Waals surface area contributed by atoms with Crippen molar-refractivity contribution in [3.05, 3.63) is 11.5 Å². The van der Waals surface area contributed by atoms with Gasteiger partial charge in [-0.05, 0) is 0 Å². The van der Waals surface area contributed by atoms with Gasteiger partial charge < -0.3 is 25.2 Å². The van der Waals surface area contributed by atoms with Crippen LogP contribution in [0.3, 0.4) is 0 Å². The molecule has 0 aliphatic carbocycles. The van der Waals surface area contributed by atoms with E-state index in [1.54, 1.807) is 0 Å². The van der Waals surface area contributed by atoms with Crippen LogP contribution in [0.4, 0.5) is 0 Å². The van der Waals surface area contributed by atoms with Gasteiger partial charge in [-0.2, -0.15) is 0 Å². The van der Waals surface area contributed by atoms with Crippen molar-refractivity contribution >= 4 is 5.97 Å². The Morgan fingerprint density at radius 2 is 2.00 bits per heavy atom. The minimum atomic E-state index is -1.42.